The number of nitrogens with zero attached hydrogens (tertiary/aromatic N) is 2. The summed E-state index contributed by atoms with van der Waals surface area (Å²) in [6, 6.07) is 16.3. The highest BCUT2D eigenvalue weighted by molar-refractivity contribution is 6.31. The number of halogens is 1. The number of para-hydroxylation sites is 1. The molecule has 154 valence electrons. The third-order valence-corrected chi connectivity index (χ3v) is 5.60. The van der Waals surface area contributed by atoms with Gasteiger partial charge in [-0.2, -0.15) is 0 Å². The monoisotopic (exact) mass is 423 g/mol. The second kappa shape index (κ2) is 8.24. The molecule has 30 heavy (non-hydrogen) atoms. The van der Waals surface area contributed by atoms with E-state index in [9.17, 15) is 9.59 Å². The van der Waals surface area contributed by atoms with Crippen LogP contribution >= 0.6 is 11.6 Å². The molecule has 0 saturated carbocycles. The van der Waals surface area contributed by atoms with Crippen molar-refractivity contribution in [2.45, 2.75) is 25.9 Å². The first-order valence-corrected chi connectivity index (χ1v) is 10.1. The summed E-state index contributed by atoms with van der Waals surface area (Å²) >= 11 is 6.11. The van der Waals surface area contributed by atoms with Crippen LogP contribution in [0.3, 0.4) is 0 Å². The number of urea groups is 1. The predicted molar refractivity (Wildman–Crippen MR) is 116 cm³/mol. The molecule has 6 nitrogen and oxygen atoms in total. The molecule has 0 aliphatic carbocycles. The van der Waals surface area contributed by atoms with Crippen molar-refractivity contribution in [3.8, 4) is 5.69 Å². The number of aromatic nitrogens is 1. The second-order valence-electron chi connectivity index (χ2n) is 7.10. The lowest BCUT2D eigenvalue weighted by molar-refractivity contribution is 0.0602. The molecule has 2 amide bonds. The Bertz CT molecular complexity index is 1110. The molecule has 1 atom stereocenters. The number of anilines is 1. The topological polar surface area (TPSA) is 63.6 Å². The maximum absolute atomic E-state index is 13.4. The molecule has 1 N–H and O–H groups in total. The van der Waals surface area contributed by atoms with Crippen molar-refractivity contribution in [3.63, 3.8) is 0 Å². The van der Waals surface area contributed by atoms with E-state index in [0.29, 0.717) is 17.3 Å². The van der Waals surface area contributed by atoms with Crippen molar-refractivity contribution in [1.29, 1.82) is 0 Å². The molecule has 0 radical (unpaired) electrons. The van der Waals surface area contributed by atoms with Crippen molar-refractivity contribution in [1.82, 2.24) is 9.47 Å². The van der Waals surface area contributed by atoms with Crippen molar-refractivity contribution >= 4 is 29.3 Å². The van der Waals surface area contributed by atoms with E-state index < -0.39 is 5.97 Å². The van der Waals surface area contributed by atoms with Crippen molar-refractivity contribution < 1.29 is 14.3 Å². The van der Waals surface area contributed by atoms with Crippen molar-refractivity contribution in [2.24, 2.45) is 0 Å². The molecule has 7 heteroatoms. The van der Waals surface area contributed by atoms with Crippen LogP contribution in [0.4, 0.5) is 10.5 Å². The molecular formula is C23H22ClN3O3. The number of methoxy groups -OCH3 is 1. The van der Waals surface area contributed by atoms with Crippen LogP contribution in [0.2, 0.25) is 5.02 Å². The zero-order valence-electron chi connectivity index (χ0n) is 16.8. The summed E-state index contributed by atoms with van der Waals surface area (Å²) in [5.74, 6) is -0.538. The lowest BCUT2D eigenvalue weighted by Gasteiger charge is -2.30. The van der Waals surface area contributed by atoms with E-state index in [1.807, 2.05) is 36.5 Å². The maximum atomic E-state index is 13.4. The first-order chi connectivity index (χ1) is 14.5. The highest BCUT2D eigenvalue weighted by Crippen LogP contribution is 2.34. The molecule has 4 rings (SSSR count). The highest BCUT2D eigenvalue weighted by atomic mass is 35.5. The molecule has 0 bridgehead atoms. The van der Waals surface area contributed by atoms with E-state index in [0.717, 1.165) is 23.4 Å². The van der Waals surface area contributed by atoms with Gasteiger partial charge in [0, 0.05) is 16.9 Å². The Hall–Kier alpha value is -3.25. The van der Waals surface area contributed by atoms with Gasteiger partial charge in [-0.15, -0.1) is 0 Å². The number of ether oxygens (including phenoxy) is 1. The normalized spacial score (nSPS) is 15.0. The lowest BCUT2D eigenvalue weighted by atomic mass is 10.1. The number of esters is 1. The van der Waals surface area contributed by atoms with Gasteiger partial charge in [-0.25, -0.2) is 9.59 Å². The van der Waals surface area contributed by atoms with E-state index in [2.05, 4.69) is 22.9 Å². The van der Waals surface area contributed by atoms with Gasteiger partial charge in [-0.3, -0.25) is 0 Å². The molecule has 1 aliphatic rings. The van der Waals surface area contributed by atoms with Crippen LogP contribution in [0.25, 0.3) is 5.69 Å². The fourth-order valence-corrected chi connectivity index (χ4v) is 4.13. The van der Waals surface area contributed by atoms with Gasteiger partial charge in [0.25, 0.3) is 0 Å². The summed E-state index contributed by atoms with van der Waals surface area (Å²) in [5.41, 5.74) is 3.71. The Labute approximate surface area is 180 Å². The number of carbonyl (C=O) groups is 2. The zero-order valence-corrected chi connectivity index (χ0v) is 17.5. The molecule has 0 saturated heterocycles. The van der Waals surface area contributed by atoms with Crippen LogP contribution in [-0.2, 0) is 11.3 Å². The quantitative estimate of drug-likeness (QED) is 0.572. The van der Waals surface area contributed by atoms with E-state index in [1.54, 1.807) is 23.1 Å². The van der Waals surface area contributed by atoms with Crippen LogP contribution in [0.5, 0.6) is 0 Å². The molecule has 2 aromatic carbocycles. The standard InChI is InChI=1S/C23H22ClN3O3/c1-3-19-21-9-6-12-26(21)20-8-5-4-7-15(20)14-27(19)23(29)25-18-13-16(24)10-11-17(18)22(28)30-2/h4-13,19H,3,14H2,1-2H3,(H,25,29). The minimum absolute atomic E-state index is 0.131. The van der Waals surface area contributed by atoms with Crippen LogP contribution < -0.4 is 5.32 Å². The summed E-state index contributed by atoms with van der Waals surface area (Å²) in [5, 5.41) is 3.29. The first kappa shape index (κ1) is 20.0. The van der Waals surface area contributed by atoms with E-state index in [1.165, 1.54) is 7.11 Å². The summed E-state index contributed by atoms with van der Waals surface area (Å²) in [6.45, 7) is 2.49. The highest BCUT2D eigenvalue weighted by Gasteiger charge is 2.31. The Morgan fingerprint density at radius 3 is 2.73 bits per heavy atom. The summed E-state index contributed by atoms with van der Waals surface area (Å²) < 4.78 is 6.97. The van der Waals surface area contributed by atoms with Gasteiger partial charge in [0.05, 0.1) is 36.6 Å². The zero-order chi connectivity index (χ0) is 21.3. The largest absolute Gasteiger partial charge is 0.465 e. The third kappa shape index (κ3) is 3.55. The minimum atomic E-state index is -0.538. The Kier molecular flexibility index (Phi) is 5.50. The number of fused-ring (bicyclic) bond motifs is 3. The van der Waals surface area contributed by atoms with E-state index >= 15 is 0 Å². The van der Waals surface area contributed by atoms with Crippen LogP contribution in [0.15, 0.2) is 60.8 Å². The number of benzene rings is 2. The number of hydrogen-bond donors (Lipinski definition) is 1. The second-order valence-corrected chi connectivity index (χ2v) is 7.53. The van der Waals surface area contributed by atoms with Crippen molar-refractivity contribution in [2.75, 3.05) is 12.4 Å². The molecule has 1 aliphatic heterocycles. The van der Waals surface area contributed by atoms with Crippen LogP contribution in [0.1, 0.15) is 41.0 Å². The maximum Gasteiger partial charge on any atom is 0.339 e. The Morgan fingerprint density at radius 1 is 1.17 bits per heavy atom. The van der Waals surface area contributed by atoms with Crippen LogP contribution in [-0.4, -0.2) is 28.6 Å². The first-order valence-electron chi connectivity index (χ1n) is 9.74. The van der Waals surface area contributed by atoms with Crippen molar-refractivity contribution in [3.05, 3.63) is 82.6 Å². The van der Waals surface area contributed by atoms with E-state index in [4.69, 9.17) is 16.3 Å². The Balaban J connectivity index is 1.73. The average molecular weight is 424 g/mol. The number of amides is 2. The molecule has 0 fully saturated rings. The molecule has 1 aromatic heterocycles. The molecular weight excluding hydrogens is 402 g/mol. The van der Waals surface area contributed by atoms with Gasteiger partial charge in [-0.1, -0.05) is 36.7 Å². The average Bonchev–Trinajstić information content (AvgIpc) is 3.18. The van der Waals surface area contributed by atoms with Gasteiger partial charge in [0.1, 0.15) is 0 Å². The number of carbonyl (C=O) groups excluding carboxylic acids is 2. The van der Waals surface area contributed by atoms with Gasteiger partial charge in [-0.05, 0) is 48.4 Å². The predicted octanol–water partition coefficient (Wildman–Crippen LogP) is 5.42. The van der Waals surface area contributed by atoms with Gasteiger partial charge in [0.2, 0.25) is 0 Å². The fraction of sp³-hybridized carbons (Fsp3) is 0.217. The minimum Gasteiger partial charge on any atom is -0.465 e. The van der Waals surface area contributed by atoms with Crippen LogP contribution in [0, 0.1) is 0 Å². The Morgan fingerprint density at radius 2 is 1.97 bits per heavy atom. The molecule has 2 heterocycles. The SMILES string of the molecule is CCC1c2cccn2-c2ccccc2CN1C(=O)Nc1cc(Cl)ccc1C(=O)OC. The fourth-order valence-electron chi connectivity index (χ4n) is 3.96. The summed E-state index contributed by atoms with van der Waals surface area (Å²) in [7, 11) is 1.30. The number of hydrogen-bond acceptors (Lipinski definition) is 3. The van der Waals surface area contributed by atoms with Gasteiger partial charge >= 0.3 is 12.0 Å². The number of nitrogens with one attached hydrogen (secondary N) is 1. The summed E-state index contributed by atoms with van der Waals surface area (Å²) in [4.78, 5) is 27.3. The summed E-state index contributed by atoms with van der Waals surface area (Å²) in [6.07, 6.45) is 2.76. The third-order valence-electron chi connectivity index (χ3n) is 5.37. The van der Waals surface area contributed by atoms with Gasteiger partial charge in [0.15, 0.2) is 0 Å². The van der Waals surface area contributed by atoms with Gasteiger partial charge < -0.3 is 19.5 Å². The smallest absolute Gasteiger partial charge is 0.339 e. The molecule has 0 spiro atoms. The number of rotatable bonds is 3. The molecule has 1 unspecified atom stereocenters. The lowest BCUT2D eigenvalue weighted by Crippen LogP contribution is -2.37. The van der Waals surface area contributed by atoms with E-state index in [-0.39, 0.29) is 17.6 Å². The molecule has 3 aromatic rings.